The number of rotatable bonds is 5. The quantitative estimate of drug-likeness (QED) is 0.774. The minimum absolute atomic E-state index is 0.0957. The zero-order valence-electron chi connectivity index (χ0n) is 16.1. The number of carbonyl (C=O) groups is 1. The highest BCUT2D eigenvalue weighted by atomic mass is 35.5. The summed E-state index contributed by atoms with van der Waals surface area (Å²) in [5, 5.41) is 3.03. The van der Waals surface area contributed by atoms with E-state index in [1.54, 1.807) is 0 Å². The Labute approximate surface area is 176 Å². The van der Waals surface area contributed by atoms with Gasteiger partial charge in [0.25, 0.3) is 5.91 Å². The molecule has 154 valence electrons. The van der Waals surface area contributed by atoms with Crippen LogP contribution in [0.4, 0.5) is 11.4 Å². The lowest BCUT2D eigenvalue weighted by Crippen LogP contribution is -2.28. The van der Waals surface area contributed by atoms with Crippen molar-refractivity contribution >= 4 is 38.9 Å². The van der Waals surface area contributed by atoms with Gasteiger partial charge in [-0.15, -0.1) is 0 Å². The van der Waals surface area contributed by atoms with Gasteiger partial charge in [-0.3, -0.25) is 4.79 Å². The van der Waals surface area contributed by atoms with Gasteiger partial charge in [0.05, 0.1) is 15.5 Å². The third kappa shape index (κ3) is 4.27. The first-order valence-electron chi connectivity index (χ1n) is 9.91. The molecule has 0 aromatic heterocycles. The van der Waals surface area contributed by atoms with Crippen molar-refractivity contribution in [2.24, 2.45) is 0 Å². The molecule has 0 unspecified atom stereocenters. The predicted octanol–water partition coefficient (Wildman–Crippen LogP) is 3.98. The van der Waals surface area contributed by atoms with Gasteiger partial charge in [-0.2, -0.15) is 4.31 Å². The number of nitrogens with one attached hydrogen (secondary N) is 1. The summed E-state index contributed by atoms with van der Waals surface area (Å²) >= 11 is 6.20. The van der Waals surface area contributed by atoms with E-state index in [9.17, 15) is 13.2 Å². The summed E-state index contributed by atoms with van der Waals surface area (Å²) in [4.78, 5) is 15.2. The minimum atomic E-state index is -3.61. The van der Waals surface area contributed by atoms with Crippen molar-refractivity contribution < 1.29 is 13.2 Å². The van der Waals surface area contributed by atoms with Gasteiger partial charge >= 0.3 is 0 Å². The number of nitrogens with zero attached hydrogens (tertiary/aromatic N) is 2. The maximum absolute atomic E-state index is 12.8. The summed E-state index contributed by atoms with van der Waals surface area (Å²) in [5.74, 6) is -0.428. The highest BCUT2D eigenvalue weighted by molar-refractivity contribution is 7.89. The minimum Gasteiger partial charge on any atom is -0.372 e. The predicted molar refractivity (Wildman–Crippen MR) is 115 cm³/mol. The van der Waals surface area contributed by atoms with E-state index in [0.717, 1.165) is 31.6 Å². The standard InChI is InChI=1S/C21H24ClN3O3S/c22-20-10-9-18(29(27,28)25-13-3-4-14-25)15-19(20)21(26)23-16-5-7-17(8-6-16)24-11-1-2-12-24/h5-10,15H,1-4,11-14H2,(H,23,26). The van der Waals surface area contributed by atoms with Crippen LogP contribution in [0.3, 0.4) is 0 Å². The largest absolute Gasteiger partial charge is 0.372 e. The van der Waals surface area contributed by atoms with Crippen molar-refractivity contribution in [3.05, 3.63) is 53.1 Å². The number of halogens is 1. The molecule has 0 atom stereocenters. The molecule has 2 aliphatic rings. The molecule has 29 heavy (non-hydrogen) atoms. The van der Waals surface area contributed by atoms with Gasteiger partial charge in [0.1, 0.15) is 0 Å². The highest BCUT2D eigenvalue weighted by Gasteiger charge is 2.28. The van der Waals surface area contributed by atoms with Crippen LogP contribution < -0.4 is 10.2 Å². The van der Waals surface area contributed by atoms with Crippen molar-refractivity contribution in [3.63, 3.8) is 0 Å². The summed E-state index contributed by atoms with van der Waals surface area (Å²) in [6, 6.07) is 12.0. The molecule has 2 heterocycles. The Balaban J connectivity index is 1.52. The van der Waals surface area contributed by atoms with Crippen LogP contribution in [0.2, 0.25) is 5.02 Å². The third-order valence-electron chi connectivity index (χ3n) is 5.48. The highest BCUT2D eigenvalue weighted by Crippen LogP contribution is 2.27. The summed E-state index contributed by atoms with van der Waals surface area (Å²) in [7, 11) is -3.61. The normalized spacial score (nSPS) is 17.6. The Hall–Kier alpha value is -2.09. The molecular formula is C21H24ClN3O3S. The fraction of sp³-hybridized carbons (Fsp3) is 0.381. The second-order valence-electron chi connectivity index (χ2n) is 7.45. The van der Waals surface area contributed by atoms with Crippen molar-refractivity contribution in [2.45, 2.75) is 30.6 Å². The average molecular weight is 434 g/mol. The number of carbonyl (C=O) groups excluding carboxylic acids is 1. The van der Waals surface area contributed by atoms with Crippen LogP contribution in [0.1, 0.15) is 36.0 Å². The van der Waals surface area contributed by atoms with Gasteiger partial charge < -0.3 is 10.2 Å². The molecule has 1 amide bonds. The maximum atomic E-state index is 12.8. The first kappa shape index (κ1) is 20.2. The molecule has 4 rings (SSSR count). The molecule has 0 spiro atoms. The molecule has 0 saturated carbocycles. The van der Waals surface area contributed by atoms with E-state index in [1.807, 2.05) is 24.3 Å². The monoisotopic (exact) mass is 433 g/mol. The van der Waals surface area contributed by atoms with E-state index >= 15 is 0 Å². The summed E-state index contributed by atoms with van der Waals surface area (Å²) in [5.41, 5.74) is 1.93. The zero-order valence-corrected chi connectivity index (χ0v) is 17.7. The SMILES string of the molecule is O=C(Nc1ccc(N2CCCC2)cc1)c1cc(S(=O)(=O)N2CCCC2)ccc1Cl. The van der Waals surface area contributed by atoms with E-state index < -0.39 is 15.9 Å². The van der Waals surface area contributed by atoms with Crippen LogP contribution in [-0.2, 0) is 10.0 Å². The summed E-state index contributed by atoms with van der Waals surface area (Å²) in [6.07, 6.45) is 4.11. The summed E-state index contributed by atoms with van der Waals surface area (Å²) in [6.45, 7) is 3.13. The molecule has 8 heteroatoms. The average Bonchev–Trinajstić information content (AvgIpc) is 3.43. The number of hydrogen-bond acceptors (Lipinski definition) is 4. The third-order valence-corrected chi connectivity index (χ3v) is 7.71. The molecule has 1 N–H and O–H groups in total. The molecule has 0 radical (unpaired) electrons. The Kier molecular flexibility index (Phi) is 5.81. The second-order valence-corrected chi connectivity index (χ2v) is 9.79. The van der Waals surface area contributed by atoms with Gasteiger partial charge in [-0.1, -0.05) is 11.6 Å². The van der Waals surface area contributed by atoms with Crippen LogP contribution in [-0.4, -0.2) is 44.8 Å². The van der Waals surface area contributed by atoms with E-state index in [4.69, 9.17) is 11.6 Å². The smallest absolute Gasteiger partial charge is 0.257 e. The fourth-order valence-corrected chi connectivity index (χ4v) is 5.59. The van der Waals surface area contributed by atoms with Crippen LogP contribution in [0.15, 0.2) is 47.4 Å². The van der Waals surface area contributed by atoms with E-state index in [0.29, 0.717) is 18.8 Å². The van der Waals surface area contributed by atoms with Crippen LogP contribution >= 0.6 is 11.6 Å². The lowest BCUT2D eigenvalue weighted by Gasteiger charge is -2.18. The van der Waals surface area contributed by atoms with Crippen molar-refractivity contribution in [2.75, 3.05) is 36.4 Å². The number of hydrogen-bond donors (Lipinski definition) is 1. The number of benzene rings is 2. The van der Waals surface area contributed by atoms with Crippen molar-refractivity contribution in [1.29, 1.82) is 0 Å². The molecule has 2 aromatic carbocycles. The Morgan fingerprint density at radius 2 is 1.52 bits per heavy atom. The molecule has 0 aliphatic carbocycles. The van der Waals surface area contributed by atoms with Gasteiger partial charge in [0.2, 0.25) is 10.0 Å². The molecule has 2 aliphatic heterocycles. The van der Waals surface area contributed by atoms with Crippen LogP contribution in [0, 0.1) is 0 Å². The molecule has 0 bridgehead atoms. The zero-order chi connectivity index (χ0) is 20.4. The number of anilines is 2. The lowest BCUT2D eigenvalue weighted by molar-refractivity contribution is 0.102. The second kappa shape index (κ2) is 8.34. The van der Waals surface area contributed by atoms with E-state index in [2.05, 4.69) is 10.2 Å². The van der Waals surface area contributed by atoms with Crippen LogP contribution in [0.25, 0.3) is 0 Å². The summed E-state index contributed by atoms with van der Waals surface area (Å²) < 4.78 is 27.0. The van der Waals surface area contributed by atoms with Gasteiger partial charge in [-0.25, -0.2) is 8.42 Å². The number of sulfonamides is 1. The Morgan fingerprint density at radius 1 is 0.897 bits per heavy atom. The van der Waals surface area contributed by atoms with Gasteiger partial charge in [0, 0.05) is 37.6 Å². The number of amides is 1. The van der Waals surface area contributed by atoms with Gasteiger partial charge in [-0.05, 0) is 68.1 Å². The Bertz CT molecular complexity index is 996. The molecule has 2 saturated heterocycles. The molecule has 6 nitrogen and oxygen atoms in total. The van der Waals surface area contributed by atoms with Crippen molar-refractivity contribution in [1.82, 2.24) is 4.31 Å². The van der Waals surface area contributed by atoms with Gasteiger partial charge in [0.15, 0.2) is 0 Å². The molecule has 2 fully saturated rings. The molecular weight excluding hydrogens is 410 g/mol. The Morgan fingerprint density at radius 3 is 2.17 bits per heavy atom. The van der Waals surface area contributed by atoms with E-state index in [-0.39, 0.29) is 15.5 Å². The lowest BCUT2D eigenvalue weighted by atomic mass is 10.2. The first-order valence-corrected chi connectivity index (χ1v) is 11.7. The van der Waals surface area contributed by atoms with Crippen LogP contribution in [0.5, 0.6) is 0 Å². The maximum Gasteiger partial charge on any atom is 0.257 e. The fourth-order valence-electron chi connectivity index (χ4n) is 3.85. The topological polar surface area (TPSA) is 69.7 Å². The van der Waals surface area contributed by atoms with E-state index in [1.165, 1.54) is 35.3 Å². The molecule has 2 aromatic rings. The first-order chi connectivity index (χ1) is 13.9. The van der Waals surface area contributed by atoms with Crippen molar-refractivity contribution in [3.8, 4) is 0 Å².